The molecular weight excluding hydrogens is 540 g/mol. The first-order chi connectivity index (χ1) is 19.2. The average molecular weight is 577 g/mol. The lowest BCUT2D eigenvalue weighted by molar-refractivity contribution is 0.0624. The second-order valence-corrected chi connectivity index (χ2v) is 12.6. The number of carbonyl (C=O) groups excluding carboxylic acids is 2. The number of amides is 2. The fraction of sp³-hybridized carbons (Fsp3) is 0.323. The topological polar surface area (TPSA) is 125 Å². The number of thiazole rings is 1. The number of rotatable bonds is 6. The van der Waals surface area contributed by atoms with Crippen LogP contribution >= 0.6 is 11.3 Å². The fourth-order valence-corrected chi connectivity index (χ4v) is 5.14. The number of aromatic nitrogens is 1. The molecule has 3 aromatic carbocycles. The molecule has 41 heavy (non-hydrogen) atoms. The molecule has 0 aliphatic heterocycles. The van der Waals surface area contributed by atoms with E-state index in [0.717, 1.165) is 27.0 Å². The normalized spacial score (nSPS) is 11.7. The summed E-state index contributed by atoms with van der Waals surface area (Å²) in [6.45, 7) is 10.9. The number of anilines is 3. The van der Waals surface area contributed by atoms with Crippen LogP contribution in [0.3, 0.4) is 0 Å². The van der Waals surface area contributed by atoms with Crippen LogP contribution in [0.5, 0.6) is 5.75 Å². The van der Waals surface area contributed by atoms with Crippen molar-refractivity contribution in [3.05, 3.63) is 65.7 Å². The van der Waals surface area contributed by atoms with E-state index in [1.54, 1.807) is 27.9 Å². The molecule has 1 heterocycles. The Morgan fingerprint density at radius 3 is 2.12 bits per heavy atom. The molecule has 0 saturated heterocycles. The Hall–Kier alpha value is -4.31. The number of carbonyl (C=O) groups is 2. The van der Waals surface area contributed by atoms with Crippen LogP contribution in [-0.2, 0) is 15.9 Å². The van der Waals surface area contributed by atoms with Gasteiger partial charge in [-0.2, -0.15) is 0 Å². The third-order valence-corrected chi connectivity index (χ3v) is 6.61. The van der Waals surface area contributed by atoms with Gasteiger partial charge in [-0.3, -0.25) is 10.6 Å². The van der Waals surface area contributed by atoms with Gasteiger partial charge in [-0.15, -0.1) is 0 Å². The number of nitrogens with one attached hydrogen (secondary N) is 2. The van der Waals surface area contributed by atoms with E-state index in [2.05, 4.69) is 10.6 Å². The van der Waals surface area contributed by atoms with E-state index >= 15 is 0 Å². The van der Waals surface area contributed by atoms with Crippen molar-refractivity contribution in [2.75, 3.05) is 23.5 Å². The quantitative estimate of drug-likeness (QED) is 0.200. The highest BCUT2D eigenvalue weighted by Gasteiger charge is 2.22. The van der Waals surface area contributed by atoms with Crippen LogP contribution in [0.25, 0.3) is 21.3 Å². The zero-order valence-corrected chi connectivity index (χ0v) is 25.2. The Morgan fingerprint density at radius 1 is 0.902 bits per heavy atom. The van der Waals surface area contributed by atoms with Gasteiger partial charge in [-0.05, 0) is 83.0 Å². The SMILES string of the molecule is COc1c(Cc2ccc(NC(=O)OC(C)(C)C)cc2)cc2sc(NC(=O)OC(C)(C)C)nc2c1-c1cccc(N)c1. The molecule has 9 nitrogen and oxygen atoms in total. The third-order valence-electron chi connectivity index (χ3n) is 5.70. The highest BCUT2D eigenvalue weighted by Crippen LogP contribution is 2.43. The number of hydrogen-bond acceptors (Lipinski definition) is 8. The maximum Gasteiger partial charge on any atom is 0.413 e. The summed E-state index contributed by atoms with van der Waals surface area (Å²) >= 11 is 1.35. The molecule has 0 bridgehead atoms. The van der Waals surface area contributed by atoms with Gasteiger partial charge in [-0.1, -0.05) is 35.6 Å². The summed E-state index contributed by atoms with van der Waals surface area (Å²) in [4.78, 5) is 29.3. The van der Waals surface area contributed by atoms with Crippen molar-refractivity contribution in [1.29, 1.82) is 0 Å². The molecule has 0 fully saturated rings. The van der Waals surface area contributed by atoms with Crippen molar-refractivity contribution in [3.8, 4) is 16.9 Å². The maximum absolute atomic E-state index is 12.5. The Bertz CT molecular complexity index is 1570. The molecule has 0 spiro atoms. The van der Waals surface area contributed by atoms with Crippen molar-refractivity contribution in [2.45, 2.75) is 59.2 Å². The lowest BCUT2D eigenvalue weighted by atomic mass is 9.96. The molecule has 216 valence electrons. The number of ether oxygens (including phenoxy) is 3. The van der Waals surface area contributed by atoms with E-state index in [4.69, 9.17) is 24.9 Å². The Kier molecular flexibility index (Phi) is 8.44. The predicted molar refractivity (Wildman–Crippen MR) is 165 cm³/mol. The monoisotopic (exact) mass is 576 g/mol. The number of methoxy groups -OCH3 is 1. The molecule has 0 aliphatic carbocycles. The lowest BCUT2D eigenvalue weighted by Gasteiger charge is -2.19. The zero-order valence-electron chi connectivity index (χ0n) is 24.4. The molecule has 4 rings (SSSR count). The van der Waals surface area contributed by atoms with E-state index in [9.17, 15) is 9.59 Å². The van der Waals surface area contributed by atoms with Crippen LogP contribution in [0.15, 0.2) is 54.6 Å². The molecule has 0 radical (unpaired) electrons. The second kappa shape index (κ2) is 11.7. The van der Waals surface area contributed by atoms with Gasteiger partial charge in [0.15, 0.2) is 5.13 Å². The predicted octanol–water partition coefficient (Wildman–Crippen LogP) is 7.84. The van der Waals surface area contributed by atoms with E-state index < -0.39 is 23.4 Å². The van der Waals surface area contributed by atoms with E-state index in [0.29, 0.717) is 34.2 Å². The molecule has 0 saturated carbocycles. The van der Waals surface area contributed by atoms with Crippen molar-refractivity contribution < 1.29 is 23.8 Å². The van der Waals surface area contributed by atoms with Crippen LogP contribution in [0.1, 0.15) is 52.7 Å². The molecule has 10 heteroatoms. The third kappa shape index (κ3) is 7.88. The van der Waals surface area contributed by atoms with Crippen LogP contribution in [0, 0.1) is 0 Å². The number of benzene rings is 3. The molecular formula is C31H36N4O5S. The number of nitrogen functional groups attached to an aromatic ring is 1. The Morgan fingerprint density at radius 2 is 1.54 bits per heavy atom. The molecule has 0 aliphatic rings. The minimum Gasteiger partial charge on any atom is -0.496 e. The van der Waals surface area contributed by atoms with E-state index in [-0.39, 0.29) is 0 Å². The van der Waals surface area contributed by atoms with E-state index in [1.165, 1.54) is 11.3 Å². The fourth-order valence-electron chi connectivity index (χ4n) is 4.22. The molecule has 4 N–H and O–H groups in total. The van der Waals surface area contributed by atoms with E-state index in [1.807, 2.05) is 75.4 Å². The Labute approximate surface area is 244 Å². The average Bonchev–Trinajstić information content (AvgIpc) is 3.23. The van der Waals surface area contributed by atoms with Crippen molar-refractivity contribution in [3.63, 3.8) is 0 Å². The van der Waals surface area contributed by atoms with Crippen LogP contribution in [-0.4, -0.2) is 35.5 Å². The number of nitrogens with two attached hydrogens (primary N) is 1. The molecule has 0 atom stereocenters. The molecule has 4 aromatic rings. The van der Waals surface area contributed by atoms with Gasteiger partial charge < -0.3 is 19.9 Å². The first-order valence-corrected chi connectivity index (χ1v) is 14.0. The summed E-state index contributed by atoms with van der Waals surface area (Å²) in [5.74, 6) is 0.660. The van der Waals surface area contributed by atoms with Crippen molar-refractivity contribution in [1.82, 2.24) is 4.98 Å². The summed E-state index contributed by atoms with van der Waals surface area (Å²) in [7, 11) is 1.63. The number of nitrogens with zero attached hydrogens (tertiary/aromatic N) is 1. The number of hydrogen-bond donors (Lipinski definition) is 3. The smallest absolute Gasteiger partial charge is 0.413 e. The molecule has 2 amide bonds. The molecule has 0 unspecified atom stereocenters. The highest BCUT2D eigenvalue weighted by atomic mass is 32.1. The van der Waals surface area contributed by atoms with Gasteiger partial charge in [0, 0.05) is 23.4 Å². The summed E-state index contributed by atoms with van der Waals surface area (Å²) in [5, 5.41) is 5.92. The van der Waals surface area contributed by atoms with Gasteiger partial charge in [0.25, 0.3) is 0 Å². The first-order valence-electron chi connectivity index (χ1n) is 13.2. The van der Waals surface area contributed by atoms with Gasteiger partial charge in [0.05, 0.1) is 22.9 Å². The van der Waals surface area contributed by atoms with Crippen LogP contribution in [0.2, 0.25) is 0 Å². The van der Waals surface area contributed by atoms with Gasteiger partial charge >= 0.3 is 12.2 Å². The van der Waals surface area contributed by atoms with Crippen LogP contribution < -0.4 is 21.1 Å². The summed E-state index contributed by atoms with van der Waals surface area (Å²) in [6, 6.07) is 17.1. The van der Waals surface area contributed by atoms with Gasteiger partial charge in [0.2, 0.25) is 0 Å². The Balaban J connectivity index is 1.71. The van der Waals surface area contributed by atoms with Crippen LogP contribution in [0.4, 0.5) is 26.1 Å². The summed E-state index contributed by atoms with van der Waals surface area (Å²) < 4.78 is 17.6. The van der Waals surface area contributed by atoms with Crippen molar-refractivity contribution in [2.24, 2.45) is 0 Å². The summed E-state index contributed by atoms with van der Waals surface area (Å²) in [5.41, 5.74) is 10.4. The molecule has 1 aromatic heterocycles. The zero-order chi connectivity index (χ0) is 29.9. The number of fused-ring (bicyclic) bond motifs is 1. The maximum atomic E-state index is 12.5. The second-order valence-electron chi connectivity index (χ2n) is 11.6. The standard InChI is InChI=1S/C31H36N4O5S/c1-30(2,3)39-28(36)33-22-13-11-18(12-14-22)15-20-17-23-25(34-27(41-23)35-29(37)40-31(4,5)6)24(26(20)38-7)19-9-8-10-21(32)16-19/h8-14,16-17H,15,32H2,1-7H3,(H,33,36)(H,34,35,37). The first kappa shape index (κ1) is 29.7. The largest absolute Gasteiger partial charge is 0.496 e. The van der Waals surface area contributed by atoms with Gasteiger partial charge in [0.1, 0.15) is 17.0 Å². The minimum absolute atomic E-state index is 0.413. The minimum atomic E-state index is -0.637. The van der Waals surface area contributed by atoms with Gasteiger partial charge in [-0.25, -0.2) is 14.6 Å². The summed E-state index contributed by atoms with van der Waals surface area (Å²) in [6.07, 6.45) is -0.534. The lowest BCUT2D eigenvalue weighted by Crippen LogP contribution is -2.27. The highest BCUT2D eigenvalue weighted by molar-refractivity contribution is 7.22. The van der Waals surface area contributed by atoms with Crippen molar-refractivity contribution >= 4 is 50.2 Å².